The van der Waals surface area contributed by atoms with Gasteiger partial charge < -0.3 is 5.32 Å². The van der Waals surface area contributed by atoms with Crippen molar-refractivity contribution >= 4 is 5.91 Å². The molecule has 0 radical (unpaired) electrons. The van der Waals surface area contributed by atoms with Gasteiger partial charge >= 0.3 is 0 Å². The number of amides is 1. The Morgan fingerprint density at radius 3 is 2.94 bits per heavy atom. The van der Waals surface area contributed by atoms with E-state index in [1.807, 2.05) is 0 Å². The number of aromatic nitrogens is 3. The third-order valence-corrected chi connectivity index (χ3v) is 2.13. The van der Waals surface area contributed by atoms with Crippen molar-refractivity contribution in [3.8, 4) is 0 Å². The smallest absolute Gasteiger partial charge is 0.253 e. The van der Waals surface area contributed by atoms with Gasteiger partial charge in [-0.15, -0.1) is 0 Å². The predicted molar refractivity (Wildman–Crippen MR) is 54.4 cm³/mol. The molecule has 0 spiro atoms. The van der Waals surface area contributed by atoms with Crippen LogP contribution >= 0.6 is 0 Å². The van der Waals surface area contributed by atoms with Gasteiger partial charge in [0.2, 0.25) is 0 Å². The molecule has 88 valence electrons. The molecular weight excluding hydrogens is 227 g/mol. The number of nitrogens with zero attached hydrogens (tertiary/aromatic N) is 3. The van der Waals surface area contributed by atoms with Crippen LogP contribution in [0, 0.1) is 12.7 Å². The molecule has 1 N–H and O–H groups in total. The molecule has 0 aromatic carbocycles. The molecule has 2 heterocycles. The molecule has 2 aromatic heterocycles. The minimum absolute atomic E-state index is 0.152. The second-order valence-corrected chi connectivity index (χ2v) is 3.37. The number of hydrogen-bond acceptors (Lipinski definition) is 5. The number of carbonyl (C=O) groups excluding carboxylic acids is 1. The van der Waals surface area contributed by atoms with Crippen molar-refractivity contribution in [3.63, 3.8) is 0 Å². The van der Waals surface area contributed by atoms with Gasteiger partial charge in [0.25, 0.3) is 5.91 Å². The van der Waals surface area contributed by atoms with Gasteiger partial charge in [-0.1, -0.05) is 10.3 Å². The van der Waals surface area contributed by atoms with Crippen LogP contribution in [0.3, 0.4) is 0 Å². The number of carbonyl (C=O) groups is 1. The minimum Gasteiger partial charge on any atom is -0.346 e. The lowest BCUT2D eigenvalue weighted by Gasteiger charge is -2.02. The van der Waals surface area contributed by atoms with Crippen LogP contribution in [0.4, 0.5) is 4.39 Å². The fourth-order valence-electron chi connectivity index (χ4n) is 1.21. The van der Waals surface area contributed by atoms with Crippen molar-refractivity contribution in [1.29, 1.82) is 0 Å². The van der Waals surface area contributed by atoms with Crippen LogP contribution in [-0.2, 0) is 6.54 Å². The van der Waals surface area contributed by atoms with E-state index < -0.39 is 11.7 Å². The Hall–Kier alpha value is -2.31. The van der Waals surface area contributed by atoms with E-state index in [1.165, 1.54) is 6.20 Å². The number of nitrogens with one attached hydrogen (secondary N) is 1. The normalized spacial score (nSPS) is 10.2. The molecule has 7 heteroatoms. The second-order valence-electron chi connectivity index (χ2n) is 3.37. The molecule has 0 unspecified atom stereocenters. The number of pyridine rings is 1. The summed E-state index contributed by atoms with van der Waals surface area (Å²) < 4.78 is 17.3. The Labute approximate surface area is 95.8 Å². The first-order valence-corrected chi connectivity index (χ1v) is 4.83. The average Bonchev–Trinajstić information content (AvgIpc) is 2.72. The van der Waals surface area contributed by atoms with Gasteiger partial charge in [-0.05, 0) is 13.0 Å². The van der Waals surface area contributed by atoms with Crippen LogP contribution in [0.1, 0.15) is 21.7 Å². The molecule has 1 amide bonds. The molecule has 0 atom stereocenters. The van der Waals surface area contributed by atoms with Crippen molar-refractivity contribution in [1.82, 2.24) is 20.6 Å². The van der Waals surface area contributed by atoms with Crippen LogP contribution in [-0.4, -0.2) is 21.2 Å². The molecule has 0 aliphatic carbocycles. The van der Waals surface area contributed by atoms with E-state index in [-0.39, 0.29) is 12.1 Å². The summed E-state index contributed by atoms with van der Waals surface area (Å²) in [6.45, 7) is 1.88. The summed E-state index contributed by atoms with van der Waals surface area (Å²) in [5.74, 6) is -0.990. The molecule has 0 saturated heterocycles. The van der Waals surface area contributed by atoms with Crippen molar-refractivity contribution in [2.45, 2.75) is 13.5 Å². The summed E-state index contributed by atoms with van der Waals surface area (Å²) in [7, 11) is 0. The molecule has 2 rings (SSSR count). The Balaban J connectivity index is 2.01. The maximum absolute atomic E-state index is 12.8. The Bertz CT molecular complexity index is 541. The Morgan fingerprint density at radius 1 is 1.47 bits per heavy atom. The molecular formula is C10H9FN4O2. The van der Waals surface area contributed by atoms with Gasteiger partial charge in [-0.25, -0.2) is 9.02 Å². The van der Waals surface area contributed by atoms with Crippen LogP contribution in [0.15, 0.2) is 23.1 Å². The lowest BCUT2D eigenvalue weighted by Crippen LogP contribution is -2.23. The highest BCUT2D eigenvalue weighted by atomic mass is 19.1. The highest BCUT2D eigenvalue weighted by molar-refractivity contribution is 5.93. The number of rotatable bonds is 3. The summed E-state index contributed by atoms with van der Waals surface area (Å²) in [6, 6.07) is 1.11. The van der Waals surface area contributed by atoms with E-state index in [0.717, 1.165) is 12.3 Å². The highest BCUT2D eigenvalue weighted by Crippen LogP contribution is 2.03. The van der Waals surface area contributed by atoms with Gasteiger partial charge in [-0.3, -0.25) is 9.78 Å². The summed E-state index contributed by atoms with van der Waals surface area (Å²) in [5, 5.41) is 9.74. The fourth-order valence-corrected chi connectivity index (χ4v) is 1.21. The van der Waals surface area contributed by atoms with E-state index in [4.69, 9.17) is 0 Å². The first-order valence-electron chi connectivity index (χ1n) is 4.83. The summed E-state index contributed by atoms with van der Waals surface area (Å²) in [5.41, 5.74) is 1.28. The van der Waals surface area contributed by atoms with Gasteiger partial charge in [0, 0.05) is 6.20 Å². The topological polar surface area (TPSA) is 80.9 Å². The quantitative estimate of drug-likeness (QED) is 0.854. The largest absolute Gasteiger partial charge is 0.346 e. The van der Waals surface area contributed by atoms with Crippen LogP contribution in [0.5, 0.6) is 0 Å². The zero-order valence-corrected chi connectivity index (χ0v) is 8.98. The first-order chi connectivity index (χ1) is 8.16. The van der Waals surface area contributed by atoms with E-state index in [2.05, 4.69) is 25.2 Å². The van der Waals surface area contributed by atoms with Gasteiger partial charge in [0.1, 0.15) is 17.2 Å². The van der Waals surface area contributed by atoms with E-state index in [1.54, 1.807) is 6.92 Å². The molecule has 0 saturated carbocycles. The summed E-state index contributed by atoms with van der Waals surface area (Å²) >= 11 is 0. The van der Waals surface area contributed by atoms with E-state index >= 15 is 0 Å². The minimum atomic E-state index is -0.558. The summed E-state index contributed by atoms with van der Waals surface area (Å²) in [4.78, 5) is 15.2. The first kappa shape index (κ1) is 11.2. The molecule has 0 fully saturated rings. The number of aryl methyl sites for hydroxylation is 1. The maximum atomic E-state index is 12.8. The summed E-state index contributed by atoms with van der Waals surface area (Å²) in [6.07, 6.45) is 2.31. The highest BCUT2D eigenvalue weighted by Gasteiger charge is 2.10. The van der Waals surface area contributed by atoms with E-state index in [0.29, 0.717) is 11.4 Å². The Morgan fingerprint density at radius 2 is 2.29 bits per heavy atom. The average molecular weight is 236 g/mol. The zero-order valence-electron chi connectivity index (χ0n) is 8.98. The molecule has 0 bridgehead atoms. The van der Waals surface area contributed by atoms with Gasteiger partial charge in [0.05, 0.1) is 18.3 Å². The molecule has 0 aliphatic heterocycles. The van der Waals surface area contributed by atoms with Crippen molar-refractivity contribution < 1.29 is 13.8 Å². The molecule has 6 nitrogen and oxygen atoms in total. The molecule has 2 aromatic rings. The molecule has 0 aliphatic rings. The van der Waals surface area contributed by atoms with Crippen LogP contribution in [0.2, 0.25) is 0 Å². The third kappa shape index (κ3) is 2.63. The zero-order chi connectivity index (χ0) is 12.3. The van der Waals surface area contributed by atoms with Crippen LogP contribution in [0.25, 0.3) is 0 Å². The lowest BCUT2D eigenvalue weighted by molar-refractivity contribution is 0.0949. The standard InChI is InChI=1S/C10H9FN4O2/c1-6-9(15-17-14-6)5-13-10(16)7-2-8(11)4-12-3-7/h2-4H,5H2,1H3,(H,13,16). The lowest BCUT2D eigenvalue weighted by atomic mass is 10.2. The van der Waals surface area contributed by atoms with Gasteiger partial charge in [0.15, 0.2) is 0 Å². The maximum Gasteiger partial charge on any atom is 0.253 e. The molecule has 17 heavy (non-hydrogen) atoms. The monoisotopic (exact) mass is 236 g/mol. The predicted octanol–water partition coefficient (Wildman–Crippen LogP) is 0.842. The second kappa shape index (κ2) is 4.69. The third-order valence-electron chi connectivity index (χ3n) is 2.13. The van der Waals surface area contributed by atoms with Crippen molar-refractivity contribution in [2.24, 2.45) is 0 Å². The van der Waals surface area contributed by atoms with E-state index in [9.17, 15) is 9.18 Å². The number of hydrogen-bond donors (Lipinski definition) is 1. The SMILES string of the molecule is Cc1nonc1CNC(=O)c1cncc(F)c1. The fraction of sp³-hybridized carbons (Fsp3) is 0.200. The van der Waals surface area contributed by atoms with Crippen molar-refractivity contribution in [3.05, 3.63) is 41.2 Å². The Kier molecular flexibility index (Phi) is 3.08. The number of halogens is 1. The van der Waals surface area contributed by atoms with Gasteiger partial charge in [-0.2, -0.15) is 0 Å². The van der Waals surface area contributed by atoms with Crippen molar-refractivity contribution in [2.75, 3.05) is 0 Å². The van der Waals surface area contributed by atoms with Crippen LogP contribution < -0.4 is 5.32 Å².